The van der Waals surface area contributed by atoms with Gasteiger partial charge >= 0.3 is 0 Å². The van der Waals surface area contributed by atoms with Crippen molar-refractivity contribution in [2.75, 3.05) is 41.3 Å². The second-order valence-corrected chi connectivity index (χ2v) is 9.98. The van der Waals surface area contributed by atoms with E-state index in [0.29, 0.717) is 55.2 Å². The molecule has 4 atom stereocenters. The maximum atomic E-state index is 12.8. The Labute approximate surface area is 216 Å². The highest BCUT2D eigenvalue weighted by Gasteiger charge is 2.28. The fraction of sp³-hybridized carbons (Fsp3) is 0.385. The van der Waals surface area contributed by atoms with Crippen molar-refractivity contribution < 1.29 is 4.79 Å². The van der Waals surface area contributed by atoms with Gasteiger partial charge in [0, 0.05) is 67.2 Å². The third kappa shape index (κ3) is 6.03. The average molecular weight is 503 g/mol. The van der Waals surface area contributed by atoms with E-state index in [2.05, 4.69) is 15.3 Å². The minimum absolute atomic E-state index is 0.0348. The van der Waals surface area contributed by atoms with Gasteiger partial charge in [0.05, 0.1) is 0 Å². The molecule has 1 aromatic heterocycles. The molecule has 37 heavy (non-hydrogen) atoms. The zero-order valence-electron chi connectivity index (χ0n) is 20.7. The number of anilines is 4. The molecule has 0 aliphatic carbocycles. The van der Waals surface area contributed by atoms with Gasteiger partial charge in [-0.15, -0.1) is 0 Å². The van der Waals surface area contributed by atoms with Crippen LogP contribution >= 0.6 is 0 Å². The second-order valence-electron chi connectivity index (χ2n) is 9.98. The van der Waals surface area contributed by atoms with Crippen LogP contribution in [0.25, 0.3) is 0 Å². The molecule has 0 bridgehead atoms. The van der Waals surface area contributed by atoms with Gasteiger partial charge in [0.25, 0.3) is 0 Å². The number of piperidine rings is 2. The summed E-state index contributed by atoms with van der Waals surface area (Å²) in [6.07, 6.45) is 1.51. The van der Waals surface area contributed by atoms with Gasteiger partial charge in [-0.3, -0.25) is 4.79 Å². The smallest absolute Gasteiger partial charge is 0.233 e. The van der Waals surface area contributed by atoms with Gasteiger partial charge in [-0.05, 0) is 37.1 Å². The third-order valence-electron chi connectivity index (χ3n) is 6.65. The molecule has 2 aromatic carbocycles. The van der Waals surface area contributed by atoms with E-state index in [1.807, 2.05) is 40.1 Å². The number of hydrogen-bond acceptors (Lipinski definition) is 11. The molecule has 2 saturated heterocycles. The lowest BCUT2D eigenvalue weighted by Crippen LogP contribution is -2.54. The van der Waals surface area contributed by atoms with E-state index in [4.69, 9.17) is 27.9 Å². The molecule has 2 aliphatic rings. The fourth-order valence-corrected chi connectivity index (χ4v) is 4.97. The number of rotatable bonds is 6. The Kier molecular flexibility index (Phi) is 7.28. The summed E-state index contributed by atoms with van der Waals surface area (Å²) < 4.78 is 0. The first kappa shape index (κ1) is 25.0. The van der Waals surface area contributed by atoms with Gasteiger partial charge in [0.15, 0.2) is 5.78 Å². The lowest BCUT2D eigenvalue weighted by atomic mass is 10.0. The molecule has 0 radical (unpaired) electrons. The largest absolute Gasteiger partial charge is 0.338 e. The molecule has 0 amide bonds. The molecule has 5 rings (SSSR count). The number of hydrogen-bond donors (Lipinski definition) is 5. The van der Waals surface area contributed by atoms with Crippen LogP contribution < -0.4 is 38.1 Å². The van der Waals surface area contributed by atoms with Crippen molar-refractivity contribution in [1.82, 2.24) is 15.0 Å². The minimum Gasteiger partial charge on any atom is -0.338 e. The quantitative estimate of drug-likeness (QED) is 0.298. The topological polar surface area (TPSA) is 178 Å². The molecule has 0 unspecified atom stereocenters. The van der Waals surface area contributed by atoms with Gasteiger partial charge in [-0.25, -0.2) is 0 Å². The van der Waals surface area contributed by atoms with Crippen LogP contribution in [0.5, 0.6) is 0 Å². The highest BCUT2D eigenvalue weighted by atomic mass is 16.1. The molecule has 3 aromatic rings. The first-order valence-electron chi connectivity index (χ1n) is 12.6. The lowest BCUT2D eigenvalue weighted by Gasteiger charge is -2.37. The van der Waals surface area contributed by atoms with Crippen molar-refractivity contribution in [2.45, 2.75) is 37.0 Å². The van der Waals surface area contributed by atoms with Crippen molar-refractivity contribution in [1.29, 1.82) is 0 Å². The van der Waals surface area contributed by atoms with Gasteiger partial charge < -0.3 is 38.1 Å². The maximum absolute atomic E-state index is 12.8. The summed E-state index contributed by atoms with van der Waals surface area (Å²) >= 11 is 0. The number of nitrogens with zero attached hydrogens (tertiary/aromatic N) is 5. The molecule has 2 aliphatic heterocycles. The molecule has 9 N–H and O–H groups in total. The second kappa shape index (κ2) is 10.8. The highest BCUT2D eigenvalue weighted by Crippen LogP contribution is 2.24. The van der Waals surface area contributed by atoms with E-state index in [-0.39, 0.29) is 30.0 Å². The first-order chi connectivity index (χ1) is 17.8. The van der Waals surface area contributed by atoms with E-state index in [0.717, 1.165) is 18.5 Å². The number of nitrogens with two attached hydrogens (primary N) is 4. The summed E-state index contributed by atoms with van der Waals surface area (Å²) in [6.45, 7) is 2.41. The van der Waals surface area contributed by atoms with Crippen molar-refractivity contribution in [3.05, 3.63) is 65.7 Å². The van der Waals surface area contributed by atoms with E-state index >= 15 is 0 Å². The van der Waals surface area contributed by atoms with Crippen LogP contribution in [0.15, 0.2) is 54.6 Å². The molecular formula is C26H34N10O. The van der Waals surface area contributed by atoms with Crippen LogP contribution in [-0.4, -0.2) is 71.1 Å². The summed E-state index contributed by atoms with van der Waals surface area (Å²) in [6, 6.07) is 16.2. The standard InChI is InChI=1S/C26H34N10O/c27-18-10-19(28)13-35(12-18)25-32-24(33-26(34-25)36-14-20(29)11-21(30)15-36)31-22-8-6-17(7-9-22)23(37)16-4-2-1-3-5-16/h1-9,18-21H,10-15,27-30H2,(H,31,32,33,34)/t18-,19+,20-,21+. The predicted molar refractivity (Wildman–Crippen MR) is 145 cm³/mol. The molecule has 0 saturated carbocycles. The summed E-state index contributed by atoms with van der Waals surface area (Å²) in [4.78, 5) is 30.9. The number of carbonyl (C=O) groups is 1. The highest BCUT2D eigenvalue weighted by molar-refractivity contribution is 6.09. The van der Waals surface area contributed by atoms with Crippen LogP contribution in [0.1, 0.15) is 28.8 Å². The number of carbonyl (C=O) groups excluding carboxylic acids is 1. The Hall–Kier alpha value is -3.64. The van der Waals surface area contributed by atoms with Gasteiger partial charge in [0.1, 0.15) is 0 Å². The van der Waals surface area contributed by atoms with Crippen molar-refractivity contribution in [3.8, 4) is 0 Å². The average Bonchev–Trinajstić information content (AvgIpc) is 2.88. The van der Waals surface area contributed by atoms with E-state index in [1.54, 1.807) is 24.3 Å². The molecule has 11 heteroatoms. The Bertz CT molecular complexity index is 1160. The van der Waals surface area contributed by atoms with Gasteiger partial charge in [-0.1, -0.05) is 30.3 Å². The number of nitrogens with one attached hydrogen (secondary N) is 1. The summed E-state index contributed by atoms with van der Waals surface area (Å²) in [5.74, 6) is 1.35. The maximum Gasteiger partial charge on any atom is 0.233 e. The molecular weight excluding hydrogens is 468 g/mol. The zero-order chi connectivity index (χ0) is 25.9. The molecule has 2 fully saturated rings. The normalized spacial score (nSPS) is 24.1. The Morgan fingerprint density at radius 1 is 0.676 bits per heavy atom. The minimum atomic E-state index is -0.0631. The summed E-state index contributed by atoms with van der Waals surface area (Å²) in [5, 5.41) is 3.26. The Morgan fingerprint density at radius 2 is 1.14 bits per heavy atom. The Balaban J connectivity index is 1.41. The van der Waals surface area contributed by atoms with E-state index in [1.165, 1.54) is 0 Å². The van der Waals surface area contributed by atoms with E-state index in [9.17, 15) is 4.79 Å². The van der Waals surface area contributed by atoms with Gasteiger partial charge in [0.2, 0.25) is 17.8 Å². The van der Waals surface area contributed by atoms with Gasteiger partial charge in [-0.2, -0.15) is 15.0 Å². The van der Waals surface area contributed by atoms with Crippen molar-refractivity contribution >= 4 is 29.3 Å². The van der Waals surface area contributed by atoms with Crippen LogP contribution in [0.4, 0.5) is 23.5 Å². The molecule has 3 heterocycles. The number of benzene rings is 2. The Morgan fingerprint density at radius 3 is 1.62 bits per heavy atom. The fourth-order valence-electron chi connectivity index (χ4n) is 4.97. The molecule has 194 valence electrons. The summed E-state index contributed by atoms with van der Waals surface area (Å²) in [5.41, 5.74) is 26.9. The predicted octanol–water partition coefficient (Wildman–Crippen LogP) is 0.576. The molecule has 11 nitrogen and oxygen atoms in total. The van der Waals surface area contributed by atoms with Crippen LogP contribution in [0.2, 0.25) is 0 Å². The monoisotopic (exact) mass is 502 g/mol. The van der Waals surface area contributed by atoms with Crippen molar-refractivity contribution in [2.24, 2.45) is 22.9 Å². The van der Waals surface area contributed by atoms with Crippen LogP contribution in [-0.2, 0) is 0 Å². The number of aromatic nitrogens is 3. The van der Waals surface area contributed by atoms with E-state index < -0.39 is 0 Å². The molecule has 0 spiro atoms. The van der Waals surface area contributed by atoms with Crippen LogP contribution in [0.3, 0.4) is 0 Å². The zero-order valence-corrected chi connectivity index (χ0v) is 20.7. The third-order valence-corrected chi connectivity index (χ3v) is 6.65. The van der Waals surface area contributed by atoms with Crippen LogP contribution in [0, 0.1) is 0 Å². The first-order valence-corrected chi connectivity index (χ1v) is 12.6. The number of ketones is 1. The lowest BCUT2D eigenvalue weighted by molar-refractivity contribution is 0.103. The van der Waals surface area contributed by atoms with Crippen molar-refractivity contribution in [3.63, 3.8) is 0 Å². The summed E-state index contributed by atoms with van der Waals surface area (Å²) in [7, 11) is 0. The SMILES string of the molecule is N[C@@H]1C[C@H](N)CN(c2nc(Nc3ccc(C(=O)c4ccccc4)cc3)nc(N3C[C@H](N)C[C@H](N)C3)n2)C1.